The minimum absolute atomic E-state index is 0.0555. The zero-order chi connectivity index (χ0) is 29.5. The predicted octanol–water partition coefficient (Wildman–Crippen LogP) is 6.09. The summed E-state index contributed by atoms with van der Waals surface area (Å²) < 4.78 is 44.2. The molecule has 0 spiro atoms. The van der Waals surface area contributed by atoms with Crippen LogP contribution in [0.2, 0.25) is 5.02 Å². The summed E-state index contributed by atoms with van der Waals surface area (Å²) in [6, 6.07) is 9.29. The fourth-order valence-electron chi connectivity index (χ4n) is 3.91. The molecule has 5 rings (SSSR count). The van der Waals surface area contributed by atoms with Gasteiger partial charge in [-0.1, -0.05) is 28.1 Å². The van der Waals surface area contributed by atoms with Gasteiger partial charge in [-0.15, -0.1) is 0 Å². The molecule has 1 fully saturated rings. The molecular weight excluding hydrogens is 585 g/mol. The third-order valence-electron chi connectivity index (χ3n) is 6.31. The van der Waals surface area contributed by atoms with Crippen LogP contribution >= 0.6 is 22.9 Å². The number of rotatable bonds is 7. The minimum Gasteiger partial charge on any atom is -0.339 e. The first-order valence-corrected chi connectivity index (χ1v) is 13.2. The molecule has 1 aliphatic carbocycles. The monoisotopic (exact) mass is 604 g/mol. The van der Waals surface area contributed by atoms with Crippen LogP contribution in [0.25, 0.3) is 11.4 Å². The number of halogens is 4. The number of anilines is 3. The van der Waals surface area contributed by atoms with Crippen LogP contribution in [-0.4, -0.2) is 32.8 Å². The maximum absolute atomic E-state index is 13.1. The number of carbonyl (C=O) groups excluding carboxylic acids is 3. The van der Waals surface area contributed by atoms with Gasteiger partial charge in [0.25, 0.3) is 5.91 Å². The van der Waals surface area contributed by atoms with Crippen LogP contribution in [0, 0.1) is 19.3 Å². The first-order valence-electron chi connectivity index (χ1n) is 12.0. The molecule has 0 radical (unpaired) electrons. The van der Waals surface area contributed by atoms with Crippen LogP contribution in [0.15, 0.2) is 47.0 Å². The lowest BCUT2D eigenvalue weighted by atomic mass is 10.1. The van der Waals surface area contributed by atoms with E-state index in [-0.39, 0.29) is 26.4 Å². The normalized spacial score (nSPS) is 13.9. The summed E-state index contributed by atoms with van der Waals surface area (Å²) in [6.07, 6.45) is -3.99. The highest BCUT2D eigenvalue weighted by Gasteiger charge is 2.56. The van der Waals surface area contributed by atoms with Gasteiger partial charge in [0.05, 0.1) is 22.0 Å². The molecule has 1 saturated carbocycles. The van der Waals surface area contributed by atoms with Crippen LogP contribution in [0.4, 0.5) is 29.7 Å². The van der Waals surface area contributed by atoms with Crippen molar-refractivity contribution in [2.75, 3.05) is 16.0 Å². The van der Waals surface area contributed by atoms with E-state index in [0.29, 0.717) is 35.8 Å². The van der Waals surface area contributed by atoms with Crippen LogP contribution < -0.4 is 16.0 Å². The van der Waals surface area contributed by atoms with Crippen molar-refractivity contribution in [3.63, 3.8) is 0 Å². The second-order valence-electron chi connectivity index (χ2n) is 9.28. The minimum atomic E-state index is -4.62. The van der Waals surface area contributed by atoms with Gasteiger partial charge in [-0.25, -0.2) is 4.98 Å². The highest BCUT2D eigenvalue weighted by molar-refractivity contribution is 7.17. The van der Waals surface area contributed by atoms with E-state index in [0.717, 1.165) is 29.5 Å². The van der Waals surface area contributed by atoms with E-state index < -0.39 is 34.9 Å². The van der Waals surface area contributed by atoms with Gasteiger partial charge in [0, 0.05) is 18.2 Å². The molecule has 0 bridgehead atoms. The number of carbonyl (C=O) groups is 3. The average Bonchev–Trinajstić information content (AvgIpc) is 3.50. The zero-order valence-electron chi connectivity index (χ0n) is 21.4. The van der Waals surface area contributed by atoms with Crippen LogP contribution in [0.3, 0.4) is 0 Å². The highest BCUT2D eigenvalue weighted by atomic mass is 35.5. The smallest absolute Gasteiger partial charge is 0.339 e. The average molecular weight is 605 g/mol. The lowest BCUT2D eigenvalue weighted by Gasteiger charge is -2.14. The van der Waals surface area contributed by atoms with Gasteiger partial charge in [0.2, 0.25) is 23.5 Å². The summed E-state index contributed by atoms with van der Waals surface area (Å²) in [5.41, 5.74) is -1.12. The number of aromatic nitrogens is 3. The molecular formula is C26H20ClF3N6O4S. The topological polar surface area (TPSA) is 139 Å². The second-order valence-corrected chi connectivity index (χ2v) is 10.7. The fourth-order valence-corrected chi connectivity index (χ4v) is 4.93. The Morgan fingerprint density at radius 2 is 1.66 bits per heavy atom. The third kappa shape index (κ3) is 5.93. The van der Waals surface area contributed by atoms with E-state index in [1.807, 2.05) is 0 Å². The summed E-state index contributed by atoms with van der Waals surface area (Å²) in [5, 5.41) is 11.5. The van der Waals surface area contributed by atoms with Crippen molar-refractivity contribution in [3.05, 3.63) is 69.5 Å². The molecule has 10 nitrogen and oxygen atoms in total. The molecule has 3 amide bonds. The molecule has 4 aromatic rings. The molecule has 0 saturated heterocycles. The molecule has 1 aliphatic rings. The Morgan fingerprint density at radius 1 is 0.976 bits per heavy atom. The number of hydrogen-bond donors (Lipinski definition) is 3. The second kappa shape index (κ2) is 10.6. The number of thiazole rings is 1. The Balaban J connectivity index is 1.24. The summed E-state index contributed by atoms with van der Waals surface area (Å²) in [7, 11) is 0. The quantitative estimate of drug-likeness (QED) is 0.217. The molecule has 3 N–H and O–H groups in total. The Bertz CT molecular complexity index is 1660. The van der Waals surface area contributed by atoms with Gasteiger partial charge >= 0.3 is 6.18 Å². The predicted molar refractivity (Wildman–Crippen MR) is 145 cm³/mol. The molecule has 2 aromatic heterocycles. The lowest BCUT2D eigenvalue weighted by molar-refractivity contribution is -0.137. The van der Waals surface area contributed by atoms with E-state index >= 15 is 0 Å². The molecule has 0 aliphatic heterocycles. The molecule has 15 heteroatoms. The van der Waals surface area contributed by atoms with Crippen molar-refractivity contribution in [2.45, 2.75) is 32.9 Å². The van der Waals surface area contributed by atoms with Crippen molar-refractivity contribution in [1.29, 1.82) is 0 Å². The van der Waals surface area contributed by atoms with E-state index in [4.69, 9.17) is 16.1 Å². The number of aryl methyl sites for hydroxylation is 2. The number of benzene rings is 2. The van der Waals surface area contributed by atoms with Crippen molar-refractivity contribution < 1.29 is 32.1 Å². The molecule has 2 heterocycles. The standard InChI is InChI=1S/C26H20ClF3N6O4S/c1-12-19(21(37)34-18-11-15(26(28,29)30)5-8-17(18)27)41-24(31-12)35-23(39)25(9-10-25)22(38)33-16-6-3-14(4-7-16)20-32-13(2)40-36-20/h3-8,11H,9-10H2,1-2H3,(H,33,38)(H,34,37)(H,31,35,39). The first-order chi connectivity index (χ1) is 19.4. The van der Waals surface area contributed by atoms with Crippen LogP contribution in [-0.2, 0) is 15.8 Å². The lowest BCUT2D eigenvalue weighted by Crippen LogP contribution is -2.35. The number of nitrogens with zero attached hydrogens (tertiary/aromatic N) is 3. The van der Waals surface area contributed by atoms with E-state index in [1.54, 1.807) is 31.2 Å². The number of alkyl halides is 3. The van der Waals surface area contributed by atoms with Crippen molar-refractivity contribution in [2.24, 2.45) is 5.41 Å². The van der Waals surface area contributed by atoms with Crippen LogP contribution in [0.1, 0.15) is 39.7 Å². The van der Waals surface area contributed by atoms with E-state index in [1.165, 1.54) is 6.92 Å². The number of hydrogen-bond acceptors (Lipinski definition) is 8. The highest BCUT2D eigenvalue weighted by Crippen LogP contribution is 2.48. The van der Waals surface area contributed by atoms with Gasteiger partial charge in [0.1, 0.15) is 10.3 Å². The van der Waals surface area contributed by atoms with Gasteiger partial charge < -0.3 is 20.5 Å². The van der Waals surface area contributed by atoms with Gasteiger partial charge in [-0.05, 0) is 62.2 Å². The van der Waals surface area contributed by atoms with Gasteiger partial charge in [-0.3, -0.25) is 14.4 Å². The summed E-state index contributed by atoms with van der Waals surface area (Å²) >= 11 is 6.79. The molecule has 41 heavy (non-hydrogen) atoms. The first kappa shape index (κ1) is 28.2. The molecule has 0 atom stereocenters. The Kier molecular flexibility index (Phi) is 7.30. The van der Waals surface area contributed by atoms with Gasteiger partial charge in [-0.2, -0.15) is 18.2 Å². The zero-order valence-corrected chi connectivity index (χ0v) is 22.9. The summed E-state index contributed by atoms with van der Waals surface area (Å²) in [4.78, 5) is 47.3. The number of amides is 3. The molecule has 2 aromatic carbocycles. The van der Waals surface area contributed by atoms with Crippen molar-refractivity contribution in [1.82, 2.24) is 15.1 Å². The molecule has 212 valence electrons. The summed E-state index contributed by atoms with van der Waals surface area (Å²) in [5.74, 6) is -1.01. The van der Waals surface area contributed by atoms with E-state index in [2.05, 4.69) is 31.1 Å². The Hall–Kier alpha value is -4.30. The Labute approximate surface area is 239 Å². The van der Waals surface area contributed by atoms with E-state index in [9.17, 15) is 27.6 Å². The largest absolute Gasteiger partial charge is 0.416 e. The van der Waals surface area contributed by atoms with Gasteiger partial charge in [0.15, 0.2) is 5.13 Å². The fraction of sp³-hybridized carbons (Fsp3) is 0.231. The SMILES string of the molecule is Cc1nc(-c2ccc(NC(=O)C3(C(=O)Nc4nc(C)c(C(=O)Nc5cc(C(F)(F)F)ccc5Cl)s4)CC3)cc2)no1. The number of nitrogens with one attached hydrogen (secondary N) is 3. The summed E-state index contributed by atoms with van der Waals surface area (Å²) in [6.45, 7) is 3.18. The Morgan fingerprint density at radius 3 is 2.27 bits per heavy atom. The molecule has 0 unspecified atom stereocenters. The van der Waals surface area contributed by atoms with Crippen molar-refractivity contribution in [3.8, 4) is 11.4 Å². The van der Waals surface area contributed by atoms with Crippen LogP contribution in [0.5, 0.6) is 0 Å². The maximum Gasteiger partial charge on any atom is 0.416 e. The van der Waals surface area contributed by atoms with Crippen molar-refractivity contribution >= 4 is 57.2 Å². The third-order valence-corrected chi connectivity index (χ3v) is 7.71. The maximum atomic E-state index is 13.1.